The molecular formula is C21H21Cl2N3OS. The van der Waals surface area contributed by atoms with Crippen LogP contribution in [0.5, 0.6) is 0 Å². The molecule has 2 aromatic carbocycles. The van der Waals surface area contributed by atoms with E-state index < -0.39 is 5.66 Å². The minimum atomic E-state index is -0.575. The summed E-state index contributed by atoms with van der Waals surface area (Å²) in [6.45, 7) is 7.91. The Kier molecular flexibility index (Phi) is 6.18. The minimum absolute atomic E-state index is 0.0888. The lowest BCUT2D eigenvalue weighted by Gasteiger charge is -2.09. The first-order valence-corrected chi connectivity index (χ1v) is 10.5. The first-order valence-electron chi connectivity index (χ1n) is 8.80. The van der Waals surface area contributed by atoms with Crippen molar-refractivity contribution >= 4 is 57.3 Å². The molecule has 146 valence electrons. The summed E-state index contributed by atoms with van der Waals surface area (Å²) in [5, 5.41) is 4.60. The molecule has 0 saturated heterocycles. The van der Waals surface area contributed by atoms with Crippen LogP contribution < -0.4 is 5.32 Å². The van der Waals surface area contributed by atoms with Crippen LogP contribution in [0.25, 0.3) is 0 Å². The van der Waals surface area contributed by atoms with Crippen molar-refractivity contribution in [2.75, 3.05) is 11.1 Å². The SMILES string of the molecule is Cc1ccc(NC(=O)CSC2=NC(C)(C)N=C2c2ccc(Cl)c(Cl)c2)cc1C. The van der Waals surface area contributed by atoms with Crippen molar-refractivity contribution in [3.05, 3.63) is 63.1 Å². The molecule has 0 aliphatic carbocycles. The third-order valence-corrected chi connectivity index (χ3v) is 5.99. The summed E-state index contributed by atoms with van der Waals surface area (Å²) >= 11 is 13.5. The number of hydrogen-bond acceptors (Lipinski definition) is 4. The van der Waals surface area contributed by atoms with Gasteiger partial charge in [0.1, 0.15) is 10.7 Å². The molecule has 0 saturated carbocycles. The standard InChI is InChI=1S/C21H21Cl2N3OS/c1-12-5-7-15(9-13(12)2)24-18(27)11-28-20-19(25-21(3,4)26-20)14-6-8-16(22)17(23)10-14/h5-10H,11H2,1-4H3,(H,24,27). The maximum Gasteiger partial charge on any atom is 0.234 e. The maximum absolute atomic E-state index is 12.4. The molecule has 0 fully saturated rings. The van der Waals surface area contributed by atoms with Crippen molar-refractivity contribution < 1.29 is 4.79 Å². The van der Waals surface area contributed by atoms with Gasteiger partial charge >= 0.3 is 0 Å². The van der Waals surface area contributed by atoms with Gasteiger partial charge in [0, 0.05) is 11.3 Å². The molecule has 0 atom stereocenters. The van der Waals surface area contributed by atoms with Gasteiger partial charge in [-0.05, 0) is 63.1 Å². The summed E-state index contributed by atoms with van der Waals surface area (Å²) in [7, 11) is 0. The van der Waals surface area contributed by atoms with Crippen LogP contribution in [-0.2, 0) is 4.79 Å². The number of carbonyl (C=O) groups excluding carboxylic acids is 1. The van der Waals surface area contributed by atoms with Crippen LogP contribution >= 0.6 is 35.0 Å². The molecule has 0 radical (unpaired) electrons. The molecule has 1 heterocycles. The van der Waals surface area contributed by atoms with E-state index in [-0.39, 0.29) is 11.7 Å². The Balaban J connectivity index is 1.71. The molecule has 1 amide bonds. The van der Waals surface area contributed by atoms with Crippen molar-refractivity contribution in [1.82, 2.24) is 0 Å². The molecule has 1 N–H and O–H groups in total. The number of carbonyl (C=O) groups is 1. The molecule has 1 aliphatic rings. The number of nitrogens with zero attached hydrogens (tertiary/aromatic N) is 2. The van der Waals surface area contributed by atoms with Crippen molar-refractivity contribution in [3.63, 3.8) is 0 Å². The highest BCUT2D eigenvalue weighted by Crippen LogP contribution is 2.29. The Labute approximate surface area is 179 Å². The summed E-state index contributed by atoms with van der Waals surface area (Å²) in [4.78, 5) is 21.7. The van der Waals surface area contributed by atoms with Crippen LogP contribution in [0.1, 0.15) is 30.5 Å². The van der Waals surface area contributed by atoms with Crippen LogP contribution in [0.3, 0.4) is 0 Å². The molecule has 0 aromatic heterocycles. The normalized spacial score (nSPS) is 15.2. The summed E-state index contributed by atoms with van der Waals surface area (Å²) in [6.07, 6.45) is 0. The smallest absolute Gasteiger partial charge is 0.234 e. The monoisotopic (exact) mass is 433 g/mol. The highest BCUT2D eigenvalue weighted by molar-refractivity contribution is 8.16. The summed E-state index contributed by atoms with van der Waals surface area (Å²) in [5.74, 6) is 0.150. The lowest BCUT2D eigenvalue weighted by molar-refractivity contribution is -0.113. The zero-order valence-corrected chi connectivity index (χ0v) is 18.5. The van der Waals surface area contributed by atoms with Gasteiger partial charge in [0.15, 0.2) is 0 Å². The highest BCUT2D eigenvalue weighted by atomic mass is 35.5. The fourth-order valence-electron chi connectivity index (χ4n) is 2.73. The van der Waals surface area contributed by atoms with E-state index in [1.165, 1.54) is 17.3 Å². The van der Waals surface area contributed by atoms with E-state index in [4.69, 9.17) is 23.2 Å². The van der Waals surface area contributed by atoms with Crippen molar-refractivity contribution in [2.45, 2.75) is 33.4 Å². The first kappa shape index (κ1) is 20.9. The predicted molar refractivity (Wildman–Crippen MR) is 122 cm³/mol. The Bertz CT molecular complexity index is 999. The van der Waals surface area contributed by atoms with Crippen LogP contribution in [0, 0.1) is 13.8 Å². The number of benzene rings is 2. The number of rotatable bonds is 4. The Morgan fingerprint density at radius 2 is 1.79 bits per heavy atom. The number of aryl methyl sites for hydroxylation is 2. The highest BCUT2D eigenvalue weighted by Gasteiger charge is 2.29. The molecule has 2 aromatic rings. The second-order valence-corrected chi connectivity index (χ2v) is 8.92. The van der Waals surface area contributed by atoms with Crippen molar-refractivity contribution in [1.29, 1.82) is 0 Å². The van der Waals surface area contributed by atoms with E-state index in [1.807, 2.05) is 52.0 Å². The summed E-state index contributed by atoms with van der Waals surface area (Å²) in [5.41, 5.74) is 4.11. The van der Waals surface area contributed by atoms with Crippen molar-refractivity contribution in [2.24, 2.45) is 9.98 Å². The fourth-order valence-corrected chi connectivity index (χ4v) is 3.96. The topological polar surface area (TPSA) is 53.8 Å². The largest absolute Gasteiger partial charge is 0.325 e. The quantitative estimate of drug-likeness (QED) is 0.650. The van der Waals surface area contributed by atoms with Gasteiger partial charge in [0.05, 0.1) is 21.5 Å². The molecule has 3 rings (SSSR count). The lowest BCUT2D eigenvalue weighted by Crippen LogP contribution is -2.18. The van der Waals surface area contributed by atoms with Crippen LogP contribution in [-0.4, -0.2) is 28.1 Å². The molecule has 0 spiro atoms. The van der Waals surface area contributed by atoms with Gasteiger partial charge in [0.25, 0.3) is 0 Å². The third kappa shape index (κ3) is 4.96. The number of thioether (sulfide) groups is 1. The number of amides is 1. The Hall–Kier alpha value is -1.82. The molecule has 4 nitrogen and oxygen atoms in total. The molecule has 28 heavy (non-hydrogen) atoms. The van der Waals surface area contributed by atoms with Gasteiger partial charge in [-0.15, -0.1) is 0 Å². The molecule has 7 heteroatoms. The number of hydrogen-bond donors (Lipinski definition) is 1. The van der Waals surface area contributed by atoms with Gasteiger partial charge in [-0.1, -0.05) is 47.1 Å². The maximum atomic E-state index is 12.4. The number of anilines is 1. The third-order valence-electron chi connectivity index (χ3n) is 4.29. The van der Waals surface area contributed by atoms with Crippen LogP contribution in [0.2, 0.25) is 10.0 Å². The summed E-state index contributed by atoms with van der Waals surface area (Å²) in [6, 6.07) is 11.2. The first-order chi connectivity index (χ1) is 13.1. The summed E-state index contributed by atoms with van der Waals surface area (Å²) < 4.78 is 0. The minimum Gasteiger partial charge on any atom is -0.325 e. The van der Waals surface area contributed by atoms with Gasteiger partial charge in [-0.3, -0.25) is 9.79 Å². The van der Waals surface area contributed by atoms with Crippen molar-refractivity contribution in [3.8, 4) is 0 Å². The lowest BCUT2D eigenvalue weighted by atomic mass is 10.1. The Morgan fingerprint density at radius 1 is 1.04 bits per heavy atom. The van der Waals surface area contributed by atoms with Gasteiger partial charge in [-0.2, -0.15) is 0 Å². The molecular weight excluding hydrogens is 413 g/mol. The molecule has 1 aliphatic heterocycles. The molecule has 0 bridgehead atoms. The van der Waals surface area contributed by atoms with Crippen LogP contribution in [0.4, 0.5) is 5.69 Å². The van der Waals surface area contributed by atoms with E-state index in [0.717, 1.165) is 27.6 Å². The number of nitrogens with one attached hydrogen (secondary N) is 1. The second kappa shape index (κ2) is 8.27. The zero-order valence-electron chi connectivity index (χ0n) is 16.1. The second-order valence-electron chi connectivity index (χ2n) is 7.14. The van der Waals surface area contributed by atoms with Gasteiger partial charge < -0.3 is 5.32 Å². The van der Waals surface area contributed by atoms with Crippen LogP contribution in [0.15, 0.2) is 46.4 Å². The van der Waals surface area contributed by atoms with E-state index in [0.29, 0.717) is 10.0 Å². The van der Waals surface area contributed by atoms with E-state index in [1.54, 1.807) is 12.1 Å². The average Bonchev–Trinajstić information content (AvgIpc) is 2.93. The van der Waals surface area contributed by atoms with E-state index in [9.17, 15) is 4.79 Å². The van der Waals surface area contributed by atoms with Gasteiger partial charge in [0.2, 0.25) is 5.91 Å². The number of halogens is 2. The number of aliphatic imine (C=N–C) groups is 2. The predicted octanol–water partition coefficient (Wildman–Crippen LogP) is 5.92. The average molecular weight is 434 g/mol. The zero-order chi connectivity index (χ0) is 20.5. The van der Waals surface area contributed by atoms with Gasteiger partial charge in [-0.25, -0.2) is 4.99 Å². The fraction of sp³-hybridized carbons (Fsp3) is 0.286. The molecule has 0 unspecified atom stereocenters. The van der Waals surface area contributed by atoms with E-state index >= 15 is 0 Å². The Morgan fingerprint density at radius 3 is 2.46 bits per heavy atom. The van der Waals surface area contributed by atoms with E-state index in [2.05, 4.69) is 15.3 Å².